The first-order valence-electron chi connectivity index (χ1n) is 45.0. The molecule has 5 aliphatic rings. The molecule has 5 fully saturated rings. The molecule has 1 aliphatic carbocycles. The van der Waals surface area contributed by atoms with Gasteiger partial charge in [0.15, 0.2) is 0 Å². The van der Waals surface area contributed by atoms with Gasteiger partial charge in [0, 0.05) is 143 Å². The Morgan fingerprint density at radius 1 is 0.355 bits per heavy atom. The topological polar surface area (TPSA) is 267 Å². The van der Waals surface area contributed by atoms with Crippen molar-refractivity contribution >= 4 is 67.8 Å². The predicted octanol–water partition coefficient (Wildman–Crippen LogP) is 18.3. The number of amides is 4. The molecule has 4 aliphatic heterocycles. The minimum absolute atomic E-state index is 0.149. The molecule has 124 heavy (non-hydrogen) atoms. The summed E-state index contributed by atoms with van der Waals surface area (Å²) in [5.74, 6) is 4.70. The number of fused-ring (bicyclic) bond motifs is 4. The van der Waals surface area contributed by atoms with Crippen LogP contribution < -0.4 is 0 Å². The summed E-state index contributed by atoms with van der Waals surface area (Å²) in [7, 11) is 0. The summed E-state index contributed by atoms with van der Waals surface area (Å²) in [5, 5.41) is 27.6. The Bertz CT molecular complexity index is 5930. The predicted molar refractivity (Wildman–Crippen MR) is 487 cm³/mol. The first-order valence-corrected chi connectivity index (χ1v) is 45.0. The second kappa shape index (κ2) is 40.4. The zero-order chi connectivity index (χ0) is 84.3. The highest BCUT2D eigenvalue weighted by molar-refractivity contribution is 5.94. The summed E-state index contributed by atoms with van der Waals surface area (Å²) in [6.07, 6.45) is 41.7. The normalized spacial score (nSPS) is 18.0. The lowest BCUT2D eigenvalue weighted by Gasteiger charge is -2.28. The van der Waals surface area contributed by atoms with E-state index in [0.717, 1.165) is 263 Å². The molecule has 4 amide bonds. The van der Waals surface area contributed by atoms with E-state index in [2.05, 4.69) is 181 Å². The molecule has 1 saturated carbocycles. The average Bonchev–Trinajstić information content (AvgIpc) is 1.65. The van der Waals surface area contributed by atoms with E-state index in [9.17, 15) is 19.2 Å². The summed E-state index contributed by atoms with van der Waals surface area (Å²) in [4.78, 5) is 78.3. The maximum atomic E-state index is 12.9. The molecule has 0 spiro atoms. The van der Waals surface area contributed by atoms with Crippen molar-refractivity contribution in [2.24, 2.45) is 29.6 Å². The van der Waals surface area contributed by atoms with Gasteiger partial charge in [0.1, 0.15) is 5.82 Å². The number of hydrogen-bond donors (Lipinski definition) is 4. The molecule has 4 unspecified atom stereocenters. The number of benzene rings is 7. The van der Waals surface area contributed by atoms with E-state index in [1.807, 2.05) is 152 Å². The fourth-order valence-electron chi connectivity index (χ4n) is 19.2. The van der Waals surface area contributed by atoms with Crippen molar-refractivity contribution in [3.63, 3.8) is 0 Å². The van der Waals surface area contributed by atoms with Gasteiger partial charge < -0.3 is 37.9 Å². The summed E-state index contributed by atoms with van der Waals surface area (Å²) < 4.78 is 9.16. The molecule has 24 heteroatoms. The van der Waals surface area contributed by atoms with Gasteiger partial charge in [-0.1, -0.05) is 122 Å². The van der Waals surface area contributed by atoms with Crippen LogP contribution in [-0.4, -0.2) is 175 Å². The summed E-state index contributed by atoms with van der Waals surface area (Å²) >= 11 is 0. The number of aromatic amines is 4. The van der Waals surface area contributed by atoms with Crippen molar-refractivity contribution < 1.29 is 19.2 Å². The van der Waals surface area contributed by atoms with E-state index >= 15 is 0 Å². The van der Waals surface area contributed by atoms with Crippen LogP contribution in [0.5, 0.6) is 0 Å². The molecule has 12 heterocycles. The highest BCUT2D eigenvalue weighted by Gasteiger charge is 2.30. The van der Waals surface area contributed by atoms with Crippen LogP contribution in [0.2, 0.25) is 0 Å². The number of rotatable bonds is 19. The van der Waals surface area contributed by atoms with E-state index in [1.165, 1.54) is 42.3 Å². The van der Waals surface area contributed by atoms with E-state index < -0.39 is 0 Å². The number of aromatic nitrogens is 16. The minimum atomic E-state index is 0.149. The molecule has 24 nitrogen and oxygen atoms in total. The van der Waals surface area contributed by atoms with Crippen LogP contribution in [0.1, 0.15) is 143 Å². The zero-order valence-corrected chi connectivity index (χ0v) is 71.2. The standard InChI is InChI=1S/2C26H29N5O.C24H31N5O.C24H25N5O/c1-19-29-24-15-22(23-16-27-28-17-23)9-10-25(24)31(19)18-21-8-5-12-30(13-11-21)26(32)14-20-6-3-2-4-7-20;32-26(11-8-20-5-2-1-3-6-20)30-13-4-7-21(12-14-30)18-31-19-27-24-15-22(9-10-25(24)31)23-16-28-29-17-23;2*30-24(19-6-2-1-3-7-19)28-11-4-5-18(10-12-28)16-29-17-25-22-13-20(8-9-23(22)29)21-14-26-27-15-21/h2-4,6-7,9-10,15-17,21H,5,8,11-14,18H2,1H3,(H,27,28);1-3,5-6,9-10,15-17,19,21H,4,7-8,11-14,18H2,(H,28,29);8-9,13-15,17-19H,1-7,10-12,16H2,(H,26,27);1-3,6-9,13-15,17-18H,4-5,10-12,16H2,(H,26,27). The van der Waals surface area contributed by atoms with Crippen LogP contribution in [0.4, 0.5) is 0 Å². The zero-order valence-electron chi connectivity index (χ0n) is 71.2. The second-order valence-electron chi connectivity index (χ2n) is 34.6. The molecule has 638 valence electrons. The van der Waals surface area contributed by atoms with Crippen molar-refractivity contribution in [2.75, 3.05) is 52.4 Å². The maximum absolute atomic E-state index is 12.9. The smallest absolute Gasteiger partial charge is 0.253 e. The number of aryl methyl sites for hydroxylation is 2. The van der Waals surface area contributed by atoms with Gasteiger partial charge in [-0.3, -0.25) is 39.6 Å². The van der Waals surface area contributed by atoms with Gasteiger partial charge in [-0.05, 0) is 221 Å². The maximum Gasteiger partial charge on any atom is 0.253 e. The summed E-state index contributed by atoms with van der Waals surface area (Å²) in [6.45, 7) is 12.8. The van der Waals surface area contributed by atoms with Crippen molar-refractivity contribution in [1.82, 2.24) is 98.6 Å². The SMILES string of the molecule is Cc1nc2cc(-c3cn[nH]c3)ccc2n1CC1CCCN(C(=O)Cc2ccccc2)CC1.O=C(C1CCCCC1)N1CCCC(Cn2cnc3cc(-c4cn[nH]c4)ccc32)CC1.O=C(CCc1ccccc1)N1CCCC(Cn2cnc3cc(-c4cn[nH]c4)ccc32)CC1.O=C(c1ccccc1)N1CCCC(Cn2cnc3cc(-c4cn[nH]c4)ccc32)CC1. The fraction of sp³-hybridized carbons (Fsp3) is 0.380. The first-order chi connectivity index (χ1) is 61.0. The molecule has 8 aromatic heterocycles. The van der Waals surface area contributed by atoms with Gasteiger partial charge in [0.25, 0.3) is 5.91 Å². The Balaban J connectivity index is 0.000000117. The van der Waals surface area contributed by atoms with Gasteiger partial charge >= 0.3 is 0 Å². The van der Waals surface area contributed by atoms with Gasteiger partial charge in [0.2, 0.25) is 17.7 Å². The fourth-order valence-corrected chi connectivity index (χ4v) is 19.2. The number of carbonyl (C=O) groups excluding carboxylic acids is 4. The van der Waals surface area contributed by atoms with Gasteiger partial charge in [0.05, 0.1) is 94.3 Å². The first kappa shape index (κ1) is 83.4. The van der Waals surface area contributed by atoms with Gasteiger partial charge in [-0.15, -0.1) is 0 Å². The highest BCUT2D eigenvalue weighted by Crippen LogP contribution is 2.34. The largest absolute Gasteiger partial charge is 0.343 e. The molecular formula is C100H114N20O4. The van der Waals surface area contributed by atoms with Crippen LogP contribution in [0, 0.1) is 36.5 Å². The molecule has 4 atom stereocenters. The quantitative estimate of drug-likeness (QED) is 0.0589. The van der Waals surface area contributed by atoms with Crippen LogP contribution in [0.3, 0.4) is 0 Å². The average molecular weight is 1660 g/mol. The van der Waals surface area contributed by atoms with Crippen LogP contribution in [-0.2, 0) is 53.4 Å². The van der Waals surface area contributed by atoms with Gasteiger partial charge in [-0.2, -0.15) is 20.4 Å². The van der Waals surface area contributed by atoms with Crippen molar-refractivity contribution in [3.8, 4) is 44.5 Å². The number of nitrogens with one attached hydrogen (secondary N) is 4. The Kier molecular flexibility index (Phi) is 27.2. The lowest BCUT2D eigenvalue weighted by atomic mass is 9.88. The van der Waals surface area contributed by atoms with E-state index in [-0.39, 0.29) is 23.6 Å². The third-order valence-corrected chi connectivity index (χ3v) is 26.3. The summed E-state index contributed by atoms with van der Waals surface area (Å²) in [5.41, 5.74) is 20.6. The van der Waals surface area contributed by atoms with Crippen LogP contribution >= 0.6 is 0 Å². The van der Waals surface area contributed by atoms with Crippen molar-refractivity contribution in [3.05, 3.63) is 255 Å². The van der Waals surface area contributed by atoms with E-state index in [1.54, 1.807) is 0 Å². The number of carbonyl (C=O) groups is 4. The lowest BCUT2D eigenvalue weighted by Crippen LogP contribution is -2.37. The molecule has 20 rings (SSSR count). The molecule has 7 aromatic carbocycles. The third-order valence-electron chi connectivity index (χ3n) is 26.3. The summed E-state index contributed by atoms with van der Waals surface area (Å²) in [6, 6.07) is 55.6. The lowest BCUT2D eigenvalue weighted by molar-refractivity contribution is -0.136. The van der Waals surface area contributed by atoms with Crippen molar-refractivity contribution in [2.45, 2.75) is 162 Å². The molecule has 0 radical (unpaired) electrons. The van der Waals surface area contributed by atoms with E-state index in [4.69, 9.17) is 4.98 Å². The highest BCUT2D eigenvalue weighted by atomic mass is 16.2. The van der Waals surface area contributed by atoms with Gasteiger partial charge in [-0.25, -0.2) is 19.9 Å². The Morgan fingerprint density at radius 3 is 1.19 bits per heavy atom. The number of nitrogens with zero attached hydrogens (tertiary/aromatic N) is 16. The molecule has 4 N–H and O–H groups in total. The van der Waals surface area contributed by atoms with Crippen molar-refractivity contribution in [1.29, 1.82) is 0 Å². The molecule has 15 aromatic rings. The van der Waals surface area contributed by atoms with Crippen LogP contribution in [0.25, 0.3) is 88.6 Å². The van der Waals surface area contributed by atoms with E-state index in [0.29, 0.717) is 42.4 Å². The number of H-pyrrole nitrogens is 4. The molecule has 0 bridgehead atoms. The Morgan fingerprint density at radius 2 is 0.742 bits per heavy atom. The molecular weight excluding hydrogens is 1550 g/mol. The minimum Gasteiger partial charge on any atom is -0.343 e. The number of hydrogen-bond acceptors (Lipinski definition) is 12. The second-order valence-corrected chi connectivity index (χ2v) is 34.6. The number of likely N-dealkylation sites (tertiary alicyclic amines) is 4. The molecule has 4 saturated heterocycles. The Labute approximate surface area is 724 Å². The monoisotopic (exact) mass is 1660 g/mol. The number of imidazole rings is 4. The third kappa shape index (κ3) is 20.9. The van der Waals surface area contributed by atoms with Crippen LogP contribution in [0.15, 0.2) is 232 Å². The Hall–Kier alpha value is -12.9.